The summed E-state index contributed by atoms with van der Waals surface area (Å²) in [4.78, 5) is 0. The molecule has 1 nitrogen and oxygen atoms in total. The number of nitrogens with one attached hydrogen (secondary N) is 1. The predicted octanol–water partition coefficient (Wildman–Crippen LogP) is 2.88. The molecule has 1 aromatic carbocycles. The van der Waals surface area contributed by atoms with Crippen LogP contribution < -0.4 is 5.32 Å². The Balaban J connectivity index is 2.42. The van der Waals surface area contributed by atoms with Gasteiger partial charge in [0.05, 0.1) is 0 Å². The molecule has 0 aliphatic rings. The van der Waals surface area contributed by atoms with Crippen molar-refractivity contribution >= 4 is 22.6 Å². The summed E-state index contributed by atoms with van der Waals surface area (Å²) in [6, 6.07) is 3.66. The molecule has 0 aromatic heterocycles. The van der Waals surface area contributed by atoms with Crippen LogP contribution in [0.2, 0.25) is 0 Å². The Morgan fingerprint density at radius 1 is 1.29 bits per heavy atom. The molecule has 1 N–H and O–H groups in total. The van der Waals surface area contributed by atoms with Crippen molar-refractivity contribution < 1.29 is 8.78 Å². The van der Waals surface area contributed by atoms with E-state index in [2.05, 4.69) is 27.9 Å². The van der Waals surface area contributed by atoms with E-state index in [-0.39, 0.29) is 0 Å². The highest BCUT2D eigenvalue weighted by Crippen LogP contribution is 2.08. The molecule has 78 valence electrons. The van der Waals surface area contributed by atoms with E-state index in [4.69, 9.17) is 0 Å². The molecule has 0 saturated carbocycles. The van der Waals surface area contributed by atoms with E-state index in [1.54, 1.807) is 0 Å². The second-order valence-corrected chi connectivity index (χ2v) is 4.03. The van der Waals surface area contributed by atoms with Crippen molar-refractivity contribution in [3.8, 4) is 0 Å². The lowest BCUT2D eigenvalue weighted by atomic mass is 10.2. The van der Waals surface area contributed by atoms with Crippen molar-refractivity contribution in [3.63, 3.8) is 0 Å². The quantitative estimate of drug-likeness (QED) is 0.501. The first-order valence-corrected chi connectivity index (χ1v) is 5.97. The molecule has 1 aromatic rings. The Bertz CT molecular complexity index is 291. The number of halogens is 3. The zero-order chi connectivity index (χ0) is 10.4. The fourth-order valence-corrected chi connectivity index (χ4v) is 1.46. The molecule has 0 spiro atoms. The Labute approximate surface area is 96.0 Å². The molecule has 0 unspecified atom stereocenters. The van der Waals surface area contributed by atoms with E-state index in [9.17, 15) is 8.78 Å². The third kappa shape index (κ3) is 3.88. The average molecular weight is 311 g/mol. The molecule has 0 fully saturated rings. The predicted molar refractivity (Wildman–Crippen MR) is 61.6 cm³/mol. The van der Waals surface area contributed by atoms with Crippen molar-refractivity contribution in [1.82, 2.24) is 5.32 Å². The number of hydrogen-bond donors (Lipinski definition) is 1. The fraction of sp³-hybridized carbons (Fsp3) is 0.400. The molecule has 0 radical (unpaired) electrons. The molecule has 14 heavy (non-hydrogen) atoms. The minimum Gasteiger partial charge on any atom is -0.313 e. The van der Waals surface area contributed by atoms with E-state index in [0.717, 1.165) is 23.5 Å². The zero-order valence-corrected chi connectivity index (χ0v) is 9.85. The van der Waals surface area contributed by atoms with Crippen LogP contribution in [-0.4, -0.2) is 11.0 Å². The van der Waals surface area contributed by atoms with Gasteiger partial charge < -0.3 is 5.32 Å². The second kappa shape index (κ2) is 6.29. The first kappa shape index (κ1) is 11.8. The van der Waals surface area contributed by atoms with Crippen LogP contribution in [0.4, 0.5) is 8.78 Å². The van der Waals surface area contributed by atoms with Gasteiger partial charge in [-0.3, -0.25) is 0 Å². The highest BCUT2D eigenvalue weighted by atomic mass is 127. The summed E-state index contributed by atoms with van der Waals surface area (Å²) < 4.78 is 26.7. The van der Waals surface area contributed by atoms with Gasteiger partial charge in [0.15, 0.2) is 0 Å². The molecule has 0 heterocycles. The maximum Gasteiger partial charge on any atom is 0.130 e. The lowest BCUT2D eigenvalue weighted by Gasteiger charge is -2.04. The fourth-order valence-electron chi connectivity index (χ4n) is 1.08. The minimum absolute atomic E-state index is 0.461. The van der Waals surface area contributed by atoms with Gasteiger partial charge in [-0.15, -0.1) is 0 Å². The Morgan fingerprint density at radius 3 is 2.71 bits per heavy atom. The van der Waals surface area contributed by atoms with Gasteiger partial charge >= 0.3 is 0 Å². The van der Waals surface area contributed by atoms with Gasteiger partial charge in [-0.1, -0.05) is 28.7 Å². The SMILES string of the molecule is Fc1ccc(CNCCCI)c(F)c1. The number of alkyl halides is 1. The highest BCUT2D eigenvalue weighted by Gasteiger charge is 2.02. The summed E-state index contributed by atoms with van der Waals surface area (Å²) in [5.74, 6) is -1.01. The van der Waals surface area contributed by atoms with E-state index in [0.29, 0.717) is 12.1 Å². The molecule has 1 rings (SSSR count). The van der Waals surface area contributed by atoms with Crippen molar-refractivity contribution in [3.05, 3.63) is 35.4 Å². The lowest BCUT2D eigenvalue weighted by Crippen LogP contribution is -2.15. The van der Waals surface area contributed by atoms with Crippen LogP contribution in [0.3, 0.4) is 0 Å². The van der Waals surface area contributed by atoms with Crippen molar-refractivity contribution in [2.45, 2.75) is 13.0 Å². The van der Waals surface area contributed by atoms with Gasteiger partial charge in [-0.2, -0.15) is 0 Å². The summed E-state index contributed by atoms with van der Waals surface area (Å²) in [6.07, 6.45) is 1.06. The van der Waals surface area contributed by atoms with Crippen LogP contribution >= 0.6 is 22.6 Å². The maximum atomic E-state index is 13.1. The van der Waals surface area contributed by atoms with Crippen LogP contribution in [0.5, 0.6) is 0 Å². The van der Waals surface area contributed by atoms with Gasteiger partial charge in [-0.25, -0.2) is 8.78 Å². The van der Waals surface area contributed by atoms with E-state index >= 15 is 0 Å². The van der Waals surface area contributed by atoms with Crippen molar-refractivity contribution in [2.24, 2.45) is 0 Å². The smallest absolute Gasteiger partial charge is 0.130 e. The Morgan fingerprint density at radius 2 is 2.07 bits per heavy atom. The highest BCUT2D eigenvalue weighted by molar-refractivity contribution is 14.1. The molecule has 0 amide bonds. The first-order valence-electron chi connectivity index (χ1n) is 4.44. The monoisotopic (exact) mass is 311 g/mol. The molecule has 4 heteroatoms. The van der Waals surface area contributed by atoms with Crippen molar-refractivity contribution in [1.29, 1.82) is 0 Å². The summed E-state index contributed by atoms with van der Waals surface area (Å²) >= 11 is 2.29. The van der Waals surface area contributed by atoms with E-state index in [1.165, 1.54) is 12.1 Å². The van der Waals surface area contributed by atoms with Gasteiger partial charge in [0.1, 0.15) is 11.6 Å². The van der Waals surface area contributed by atoms with Crippen LogP contribution in [0, 0.1) is 11.6 Å². The second-order valence-electron chi connectivity index (χ2n) is 2.96. The minimum atomic E-state index is -0.529. The summed E-state index contributed by atoms with van der Waals surface area (Å²) in [6.45, 7) is 1.32. The maximum absolute atomic E-state index is 13.1. The Kier molecular flexibility index (Phi) is 5.32. The molecular formula is C10H12F2IN. The van der Waals surface area contributed by atoms with Crippen LogP contribution in [0.15, 0.2) is 18.2 Å². The molecule has 0 aliphatic carbocycles. The normalized spacial score (nSPS) is 10.5. The standard InChI is InChI=1S/C10H12F2IN/c11-9-3-2-8(10(12)6-9)7-14-5-1-4-13/h2-3,6,14H,1,4-5,7H2. The number of benzene rings is 1. The molecule has 0 atom stereocenters. The molecule has 0 bridgehead atoms. The van der Waals surface area contributed by atoms with Crippen LogP contribution in [0.1, 0.15) is 12.0 Å². The lowest BCUT2D eigenvalue weighted by molar-refractivity contribution is 0.560. The number of rotatable bonds is 5. The molecular weight excluding hydrogens is 299 g/mol. The largest absolute Gasteiger partial charge is 0.313 e. The van der Waals surface area contributed by atoms with Crippen LogP contribution in [0.25, 0.3) is 0 Å². The van der Waals surface area contributed by atoms with Gasteiger partial charge in [0.25, 0.3) is 0 Å². The van der Waals surface area contributed by atoms with E-state index < -0.39 is 11.6 Å². The Hall–Kier alpha value is -0.230. The summed E-state index contributed by atoms with van der Waals surface area (Å²) in [5.41, 5.74) is 0.514. The van der Waals surface area contributed by atoms with Gasteiger partial charge in [-0.05, 0) is 19.0 Å². The van der Waals surface area contributed by atoms with Crippen LogP contribution in [-0.2, 0) is 6.54 Å². The van der Waals surface area contributed by atoms with Crippen molar-refractivity contribution in [2.75, 3.05) is 11.0 Å². The first-order chi connectivity index (χ1) is 6.74. The molecule has 0 aliphatic heterocycles. The summed E-state index contributed by atoms with van der Waals surface area (Å²) in [7, 11) is 0. The summed E-state index contributed by atoms with van der Waals surface area (Å²) in [5, 5.41) is 3.10. The van der Waals surface area contributed by atoms with Gasteiger partial charge in [0, 0.05) is 22.6 Å². The third-order valence-corrected chi connectivity index (χ3v) is 2.58. The number of hydrogen-bond acceptors (Lipinski definition) is 1. The zero-order valence-electron chi connectivity index (χ0n) is 7.69. The van der Waals surface area contributed by atoms with Gasteiger partial charge in [0.2, 0.25) is 0 Å². The molecule has 0 saturated heterocycles. The third-order valence-electron chi connectivity index (χ3n) is 1.82. The average Bonchev–Trinajstić information content (AvgIpc) is 2.15. The van der Waals surface area contributed by atoms with E-state index in [1.807, 2.05) is 0 Å². The topological polar surface area (TPSA) is 12.0 Å².